The molecule has 3 N–H and O–H groups in total. The van der Waals surface area contributed by atoms with E-state index in [1.165, 1.54) is 24.0 Å². The summed E-state index contributed by atoms with van der Waals surface area (Å²) >= 11 is 0. The third-order valence-corrected chi connectivity index (χ3v) is 7.68. The minimum absolute atomic E-state index is 0.00216. The van der Waals surface area contributed by atoms with E-state index in [4.69, 9.17) is 5.73 Å². The van der Waals surface area contributed by atoms with E-state index in [1.807, 2.05) is 11.0 Å². The maximum atomic E-state index is 13.2. The summed E-state index contributed by atoms with van der Waals surface area (Å²) < 4.78 is 0. The molecule has 2 saturated heterocycles. The standard InChI is InChI=1S/C23H31N3O2/c24-18-14-23(12-13-23)11-10-16-8-9-20(26(16)22(18)28)21(27)25-19-7-3-5-15-4-1-2-6-17(15)19/h1-2,4,6,16,18-20H,3,5,7-14,24H2,(H,25,27)/t16-,18+,19-,20+/m1/s1. The third-order valence-electron chi connectivity index (χ3n) is 7.68. The van der Waals surface area contributed by atoms with Gasteiger partial charge in [0.1, 0.15) is 6.04 Å². The van der Waals surface area contributed by atoms with Gasteiger partial charge < -0.3 is 16.0 Å². The normalized spacial score (nSPS) is 33.6. The summed E-state index contributed by atoms with van der Waals surface area (Å²) in [7, 11) is 0. The van der Waals surface area contributed by atoms with Crippen LogP contribution in [0.2, 0.25) is 0 Å². The van der Waals surface area contributed by atoms with Gasteiger partial charge in [0.05, 0.1) is 12.1 Å². The molecule has 2 aliphatic heterocycles. The number of hydrogen-bond acceptors (Lipinski definition) is 3. The molecule has 2 aliphatic carbocycles. The van der Waals surface area contributed by atoms with E-state index in [0.29, 0.717) is 5.41 Å². The minimum Gasteiger partial charge on any atom is -0.347 e. The number of benzene rings is 1. The van der Waals surface area contributed by atoms with Crippen molar-refractivity contribution in [2.45, 2.75) is 88.4 Å². The first-order chi connectivity index (χ1) is 13.6. The van der Waals surface area contributed by atoms with Crippen LogP contribution in [-0.4, -0.2) is 34.8 Å². The maximum absolute atomic E-state index is 13.2. The fourth-order valence-corrected chi connectivity index (χ4v) is 5.88. The summed E-state index contributed by atoms with van der Waals surface area (Å²) in [6, 6.07) is 7.84. The molecule has 3 fully saturated rings. The number of carbonyl (C=O) groups is 2. The minimum atomic E-state index is -0.450. The van der Waals surface area contributed by atoms with Gasteiger partial charge in [-0.2, -0.15) is 0 Å². The summed E-state index contributed by atoms with van der Waals surface area (Å²) in [6.07, 6.45) is 10.2. The van der Waals surface area contributed by atoms with Crippen LogP contribution in [0.3, 0.4) is 0 Å². The number of hydrogen-bond donors (Lipinski definition) is 2. The van der Waals surface area contributed by atoms with Crippen LogP contribution < -0.4 is 11.1 Å². The van der Waals surface area contributed by atoms with Crippen molar-refractivity contribution in [1.29, 1.82) is 0 Å². The Kier molecular flexibility index (Phi) is 4.46. The van der Waals surface area contributed by atoms with E-state index in [-0.39, 0.29) is 29.9 Å². The van der Waals surface area contributed by atoms with Crippen LogP contribution in [0.5, 0.6) is 0 Å². The number of nitrogens with one attached hydrogen (secondary N) is 1. The lowest BCUT2D eigenvalue weighted by atomic mass is 9.87. The van der Waals surface area contributed by atoms with E-state index in [1.54, 1.807) is 0 Å². The molecule has 4 atom stereocenters. The summed E-state index contributed by atoms with van der Waals surface area (Å²) in [5, 5.41) is 3.28. The van der Waals surface area contributed by atoms with Crippen molar-refractivity contribution in [1.82, 2.24) is 10.2 Å². The van der Waals surface area contributed by atoms with Crippen molar-refractivity contribution in [2.24, 2.45) is 11.1 Å². The predicted molar refractivity (Wildman–Crippen MR) is 107 cm³/mol. The van der Waals surface area contributed by atoms with E-state index < -0.39 is 6.04 Å². The molecule has 1 saturated carbocycles. The fourth-order valence-electron chi connectivity index (χ4n) is 5.88. The second-order valence-corrected chi connectivity index (χ2v) is 9.49. The molecular weight excluding hydrogens is 350 g/mol. The number of rotatable bonds is 2. The van der Waals surface area contributed by atoms with Gasteiger partial charge in [-0.05, 0) is 80.8 Å². The topological polar surface area (TPSA) is 75.4 Å². The Labute approximate surface area is 167 Å². The van der Waals surface area contributed by atoms with Crippen molar-refractivity contribution in [2.75, 3.05) is 0 Å². The van der Waals surface area contributed by atoms with Gasteiger partial charge in [-0.25, -0.2) is 0 Å². The van der Waals surface area contributed by atoms with Crippen LogP contribution in [0.25, 0.3) is 0 Å². The molecule has 1 spiro atoms. The zero-order valence-electron chi connectivity index (χ0n) is 16.5. The lowest BCUT2D eigenvalue weighted by molar-refractivity contribution is -0.143. The molecule has 28 heavy (non-hydrogen) atoms. The Bertz CT molecular complexity index is 788. The number of amides is 2. The van der Waals surface area contributed by atoms with Gasteiger partial charge in [0.25, 0.3) is 0 Å². The average Bonchev–Trinajstić information content (AvgIpc) is 3.33. The van der Waals surface area contributed by atoms with Crippen molar-refractivity contribution in [3.05, 3.63) is 35.4 Å². The monoisotopic (exact) mass is 381 g/mol. The fraction of sp³-hybridized carbons (Fsp3) is 0.652. The molecule has 150 valence electrons. The lowest BCUT2D eigenvalue weighted by Crippen LogP contribution is -2.55. The molecule has 0 bridgehead atoms. The summed E-state index contributed by atoms with van der Waals surface area (Å²) in [4.78, 5) is 28.2. The van der Waals surface area contributed by atoms with Crippen LogP contribution in [0.15, 0.2) is 24.3 Å². The van der Waals surface area contributed by atoms with E-state index in [2.05, 4.69) is 23.5 Å². The van der Waals surface area contributed by atoms with Gasteiger partial charge in [-0.3, -0.25) is 9.59 Å². The first-order valence-corrected chi connectivity index (χ1v) is 11.0. The highest BCUT2D eigenvalue weighted by molar-refractivity contribution is 5.91. The molecule has 0 aromatic heterocycles. The van der Waals surface area contributed by atoms with Crippen LogP contribution in [0.1, 0.15) is 75.0 Å². The Balaban J connectivity index is 1.32. The van der Waals surface area contributed by atoms with E-state index in [9.17, 15) is 9.59 Å². The summed E-state index contributed by atoms with van der Waals surface area (Å²) in [5.41, 5.74) is 9.21. The zero-order valence-corrected chi connectivity index (χ0v) is 16.5. The second-order valence-electron chi connectivity index (χ2n) is 9.49. The van der Waals surface area contributed by atoms with E-state index >= 15 is 0 Å². The smallest absolute Gasteiger partial charge is 0.243 e. The number of nitrogens with two attached hydrogens (primary N) is 1. The van der Waals surface area contributed by atoms with Gasteiger partial charge in [0.15, 0.2) is 0 Å². The Morgan fingerprint density at radius 3 is 2.75 bits per heavy atom. The number of nitrogens with zero attached hydrogens (tertiary/aromatic N) is 1. The molecule has 5 heteroatoms. The molecule has 2 heterocycles. The number of aryl methyl sites for hydroxylation is 1. The summed E-state index contributed by atoms with van der Waals surface area (Å²) in [5.74, 6) is 0.00383. The first kappa shape index (κ1) is 18.2. The quantitative estimate of drug-likeness (QED) is 0.827. The molecule has 4 aliphatic rings. The van der Waals surface area contributed by atoms with Crippen molar-refractivity contribution >= 4 is 11.8 Å². The molecule has 1 aromatic rings. The molecule has 1 aromatic carbocycles. The van der Waals surface area contributed by atoms with Gasteiger partial charge in [0, 0.05) is 6.04 Å². The SMILES string of the molecule is N[C@H]1CC2(CC[C@H]3CC[C@@H](C(=O)N[C@@H]4CCCc5ccccc54)N3C1=O)CC2. The highest BCUT2D eigenvalue weighted by Crippen LogP contribution is 2.55. The lowest BCUT2D eigenvalue weighted by Gasteiger charge is -2.37. The zero-order chi connectivity index (χ0) is 19.3. The van der Waals surface area contributed by atoms with E-state index in [0.717, 1.165) is 51.4 Å². The third kappa shape index (κ3) is 3.14. The van der Waals surface area contributed by atoms with Gasteiger partial charge in [0.2, 0.25) is 11.8 Å². The van der Waals surface area contributed by atoms with Gasteiger partial charge in [-0.1, -0.05) is 24.3 Å². The molecule has 5 nitrogen and oxygen atoms in total. The summed E-state index contributed by atoms with van der Waals surface area (Å²) in [6.45, 7) is 0. The molecule has 0 radical (unpaired) electrons. The molecule has 2 amide bonds. The number of carbonyl (C=O) groups excluding carboxylic acids is 2. The Morgan fingerprint density at radius 2 is 1.93 bits per heavy atom. The second kappa shape index (κ2) is 6.87. The number of fused-ring (bicyclic) bond motifs is 2. The van der Waals surface area contributed by atoms with Crippen molar-refractivity contribution in [3.63, 3.8) is 0 Å². The Hall–Kier alpha value is -1.88. The highest BCUT2D eigenvalue weighted by Gasteiger charge is 2.51. The van der Waals surface area contributed by atoms with Crippen LogP contribution in [0.4, 0.5) is 0 Å². The molecule has 0 unspecified atom stereocenters. The van der Waals surface area contributed by atoms with Crippen molar-refractivity contribution < 1.29 is 9.59 Å². The average molecular weight is 382 g/mol. The molecular formula is C23H31N3O2. The van der Waals surface area contributed by atoms with Crippen LogP contribution in [-0.2, 0) is 16.0 Å². The van der Waals surface area contributed by atoms with Crippen LogP contribution >= 0.6 is 0 Å². The largest absolute Gasteiger partial charge is 0.347 e. The Morgan fingerprint density at radius 1 is 1.11 bits per heavy atom. The van der Waals surface area contributed by atoms with Gasteiger partial charge >= 0.3 is 0 Å². The molecule has 5 rings (SSSR count). The maximum Gasteiger partial charge on any atom is 0.243 e. The predicted octanol–water partition coefficient (Wildman–Crippen LogP) is 2.83. The van der Waals surface area contributed by atoms with Crippen molar-refractivity contribution in [3.8, 4) is 0 Å². The van der Waals surface area contributed by atoms with Crippen LogP contribution in [0, 0.1) is 5.41 Å². The first-order valence-electron chi connectivity index (χ1n) is 11.0. The highest BCUT2D eigenvalue weighted by atomic mass is 16.2. The van der Waals surface area contributed by atoms with Gasteiger partial charge in [-0.15, -0.1) is 0 Å².